The van der Waals surface area contributed by atoms with Gasteiger partial charge in [-0.25, -0.2) is 8.42 Å². The smallest absolute Gasteiger partial charge is 0.243 e. The summed E-state index contributed by atoms with van der Waals surface area (Å²) in [6, 6.07) is 21.2. The Morgan fingerprint density at radius 1 is 0.977 bits per heavy atom. The van der Waals surface area contributed by atoms with E-state index in [-0.39, 0.29) is 37.7 Å². The maximum Gasteiger partial charge on any atom is 0.243 e. The topological polar surface area (TPSA) is 96.0 Å². The van der Waals surface area contributed by atoms with Gasteiger partial charge in [0.05, 0.1) is 19.1 Å². The number of carbonyl (C=O) groups excluding carboxylic acids is 2. The number of sulfonamides is 1. The van der Waals surface area contributed by atoms with Crippen LogP contribution >= 0.6 is 11.6 Å². The Bertz CT molecular complexity index is 1510. The minimum absolute atomic E-state index is 0.0314. The third-order valence-corrected chi connectivity index (χ3v) is 8.26. The lowest BCUT2D eigenvalue weighted by molar-refractivity contribution is -0.142. The predicted octanol–water partition coefficient (Wildman–Crippen LogP) is 5.76. The Balaban J connectivity index is 1.94. The Hall–Kier alpha value is -3.56. The minimum Gasteiger partial charge on any atom is -0.497 e. The van der Waals surface area contributed by atoms with Crippen molar-refractivity contribution in [3.05, 3.63) is 94.5 Å². The van der Waals surface area contributed by atoms with Gasteiger partial charge in [-0.1, -0.05) is 60.1 Å². The number of amides is 2. The molecular formula is C33H42ClN3O5S. The zero-order valence-electron chi connectivity index (χ0n) is 25.8. The molecule has 0 aliphatic rings. The summed E-state index contributed by atoms with van der Waals surface area (Å²) in [5, 5.41) is 3.47. The summed E-state index contributed by atoms with van der Waals surface area (Å²) in [5.74, 6) is 0.119. The van der Waals surface area contributed by atoms with Crippen LogP contribution < -0.4 is 14.4 Å². The van der Waals surface area contributed by atoms with Crippen molar-refractivity contribution in [2.45, 2.75) is 65.1 Å². The Kier molecular flexibility index (Phi) is 11.6. The van der Waals surface area contributed by atoms with Crippen molar-refractivity contribution >= 4 is 39.1 Å². The molecule has 0 spiro atoms. The predicted molar refractivity (Wildman–Crippen MR) is 173 cm³/mol. The molecule has 1 atom stereocenters. The zero-order chi connectivity index (χ0) is 31.8. The first-order chi connectivity index (χ1) is 20.2. The van der Waals surface area contributed by atoms with Crippen LogP contribution in [0.2, 0.25) is 5.02 Å². The van der Waals surface area contributed by atoms with Gasteiger partial charge in [0.2, 0.25) is 21.8 Å². The Morgan fingerprint density at radius 3 is 2.28 bits per heavy atom. The number of benzene rings is 3. The van der Waals surface area contributed by atoms with Crippen molar-refractivity contribution in [1.82, 2.24) is 10.2 Å². The van der Waals surface area contributed by atoms with E-state index in [9.17, 15) is 18.0 Å². The Labute approximate surface area is 261 Å². The molecule has 0 saturated heterocycles. The maximum absolute atomic E-state index is 14.0. The van der Waals surface area contributed by atoms with Crippen molar-refractivity contribution < 1.29 is 22.7 Å². The van der Waals surface area contributed by atoms with Gasteiger partial charge in [-0.2, -0.15) is 0 Å². The first-order valence-corrected chi connectivity index (χ1v) is 16.4. The molecule has 2 amide bonds. The molecule has 3 aromatic rings. The van der Waals surface area contributed by atoms with Crippen LogP contribution in [0.3, 0.4) is 0 Å². The molecule has 1 N–H and O–H groups in total. The van der Waals surface area contributed by atoms with E-state index in [1.54, 1.807) is 30.2 Å². The first-order valence-electron chi connectivity index (χ1n) is 14.2. The molecule has 232 valence electrons. The van der Waals surface area contributed by atoms with E-state index in [4.69, 9.17) is 16.3 Å². The quantitative estimate of drug-likeness (QED) is 0.260. The highest BCUT2D eigenvalue weighted by Gasteiger charge is 2.32. The van der Waals surface area contributed by atoms with E-state index in [0.29, 0.717) is 22.9 Å². The van der Waals surface area contributed by atoms with Crippen molar-refractivity contribution in [3.63, 3.8) is 0 Å². The van der Waals surface area contributed by atoms with Crippen molar-refractivity contribution in [2.75, 3.05) is 24.2 Å². The molecule has 0 saturated carbocycles. The van der Waals surface area contributed by atoms with Gasteiger partial charge in [0, 0.05) is 36.5 Å². The van der Waals surface area contributed by atoms with Gasteiger partial charge in [-0.3, -0.25) is 13.9 Å². The third kappa shape index (κ3) is 10.3. The van der Waals surface area contributed by atoms with E-state index >= 15 is 0 Å². The number of anilines is 1. The standard InChI is InChI=1S/C33H42ClN3O5S/c1-24-17-18-27(34)22-29(24)37(43(6,40)41)19-11-16-31(38)36(23-26-14-10-15-28(20-26)42-5)30(32(39)35-33(2,3)4)21-25-12-8-7-9-13-25/h7-10,12-15,17-18,20,22,30H,11,16,19,21,23H2,1-6H3,(H,35,39). The number of nitrogens with one attached hydrogen (secondary N) is 1. The van der Waals surface area contributed by atoms with Crippen LogP contribution in [0.4, 0.5) is 5.69 Å². The van der Waals surface area contributed by atoms with E-state index in [1.807, 2.05) is 82.3 Å². The van der Waals surface area contributed by atoms with Gasteiger partial charge in [0.1, 0.15) is 11.8 Å². The van der Waals surface area contributed by atoms with Gasteiger partial charge in [0.15, 0.2) is 0 Å². The highest BCUT2D eigenvalue weighted by molar-refractivity contribution is 7.92. The summed E-state index contributed by atoms with van der Waals surface area (Å²) in [6.45, 7) is 7.76. The van der Waals surface area contributed by atoms with Crippen LogP contribution in [0, 0.1) is 6.92 Å². The molecule has 0 radical (unpaired) electrons. The zero-order valence-corrected chi connectivity index (χ0v) is 27.3. The second-order valence-electron chi connectivity index (χ2n) is 11.7. The van der Waals surface area contributed by atoms with E-state index < -0.39 is 21.6 Å². The number of nitrogens with zero attached hydrogens (tertiary/aromatic N) is 2. The number of ether oxygens (including phenoxy) is 1. The third-order valence-electron chi connectivity index (χ3n) is 6.85. The molecule has 3 rings (SSSR count). The lowest BCUT2D eigenvalue weighted by atomic mass is 10.00. The molecule has 0 aromatic heterocycles. The van der Waals surface area contributed by atoms with Gasteiger partial charge >= 0.3 is 0 Å². The summed E-state index contributed by atoms with van der Waals surface area (Å²) in [4.78, 5) is 29.4. The molecule has 0 aliphatic heterocycles. The average Bonchev–Trinajstić information content (AvgIpc) is 2.93. The van der Waals surface area contributed by atoms with Gasteiger partial charge in [0.25, 0.3) is 0 Å². The number of hydrogen-bond donors (Lipinski definition) is 1. The summed E-state index contributed by atoms with van der Waals surface area (Å²) in [5.41, 5.74) is 2.44. The fourth-order valence-electron chi connectivity index (χ4n) is 4.81. The van der Waals surface area contributed by atoms with Crippen LogP contribution in [0.1, 0.15) is 50.3 Å². The maximum atomic E-state index is 14.0. The largest absolute Gasteiger partial charge is 0.497 e. The number of halogens is 1. The molecule has 3 aromatic carbocycles. The van der Waals surface area contributed by atoms with Crippen LogP contribution in [-0.2, 0) is 32.6 Å². The summed E-state index contributed by atoms with van der Waals surface area (Å²) < 4.78 is 32.2. The summed E-state index contributed by atoms with van der Waals surface area (Å²) >= 11 is 6.18. The molecular weight excluding hydrogens is 586 g/mol. The second-order valence-corrected chi connectivity index (χ2v) is 14.0. The van der Waals surface area contributed by atoms with Crippen LogP contribution in [0.25, 0.3) is 0 Å². The van der Waals surface area contributed by atoms with E-state index in [1.165, 1.54) is 4.31 Å². The lowest BCUT2D eigenvalue weighted by Crippen LogP contribution is -2.54. The summed E-state index contributed by atoms with van der Waals surface area (Å²) in [7, 11) is -2.08. The fourth-order valence-corrected chi connectivity index (χ4v) is 5.99. The number of carbonyl (C=O) groups is 2. The molecule has 0 bridgehead atoms. The first kappa shape index (κ1) is 33.9. The van der Waals surface area contributed by atoms with Crippen LogP contribution in [0.5, 0.6) is 5.75 Å². The lowest BCUT2D eigenvalue weighted by Gasteiger charge is -2.34. The molecule has 8 nitrogen and oxygen atoms in total. The molecule has 1 unspecified atom stereocenters. The highest BCUT2D eigenvalue weighted by Crippen LogP contribution is 2.27. The molecule has 0 heterocycles. The van der Waals surface area contributed by atoms with Crippen molar-refractivity contribution in [2.24, 2.45) is 0 Å². The SMILES string of the molecule is COc1cccc(CN(C(=O)CCCN(c2cc(Cl)ccc2C)S(C)(=O)=O)C(Cc2ccccc2)C(=O)NC(C)(C)C)c1. The van der Waals surface area contributed by atoms with Crippen molar-refractivity contribution in [3.8, 4) is 5.75 Å². The molecule has 43 heavy (non-hydrogen) atoms. The normalized spacial score (nSPS) is 12.3. The monoisotopic (exact) mass is 627 g/mol. The van der Waals surface area contributed by atoms with Gasteiger partial charge in [-0.05, 0) is 75.1 Å². The van der Waals surface area contributed by atoms with Crippen molar-refractivity contribution in [1.29, 1.82) is 0 Å². The Morgan fingerprint density at radius 2 is 1.65 bits per heavy atom. The molecule has 10 heteroatoms. The molecule has 0 fully saturated rings. The second kappa shape index (κ2) is 14.8. The van der Waals surface area contributed by atoms with Gasteiger partial charge < -0.3 is 15.0 Å². The summed E-state index contributed by atoms with van der Waals surface area (Å²) in [6.07, 6.45) is 1.72. The average molecular weight is 628 g/mol. The minimum atomic E-state index is -3.65. The van der Waals surface area contributed by atoms with Gasteiger partial charge in [-0.15, -0.1) is 0 Å². The number of rotatable bonds is 13. The highest BCUT2D eigenvalue weighted by atomic mass is 35.5. The van der Waals surface area contributed by atoms with Crippen LogP contribution in [-0.4, -0.2) is 56.6 Å². The number of aryl methyl sites for hydroxylation is 1. The number of methoxy groups -OCH3 is 1. The van der Waals surface area contributed by atoms with Crippen LogP contribution in [0.15, 0.2) is 72.8 Å². The number of hydrogen-bond acceptors (Lipinski definition) is 5. The molecule has 0 aliphatic carbocycles. The van der Waals surface area contributed by atoms with E-state index in [2.05, 4.69) is 5.32 Å². The van der Waals surface area contributed by atoms with E-state index in [0.717, 1.165) is 22.9 Å². The fraction of sp³-hybridized carbons (Fsp3) is 0.394.